The molecule has 0 N–H and O–H groups in total. The topological polar surface area (TPSA) is 21.7 Å². The van der Waals surface area contributed by atoms with Gasteiger partial charge in [-0.05, 0) is 13.5 Å². The Morgan fingerprint density at radius 1 is 1.55 bits per heavy atom. The van der Waals surface area contributed by atoms with Gasteiger partial charge in [-0.1, -0.05) is 0 Å². The molecular formula is C6H11I2NO2. The highest BCUT2D eigenvalue weighted by Gasteiger charge is 2.37. The summed E-state index contributed by atoms with van der Waals surface area (Å²) in [5.74, 6) is 0. The second-order valence-corrected chi connectivity index (χ2v) is 4.06. The first-order valence-electron chi connectivity index (χ1n) is 3.44. The third kappa shape index (κ3) is 2.64. The number of rotatable bonds is 3. The first kappa shape index (κ1) is 10.4. The van der Waals surface area contributed by atoms with E-state index in [0.29, 0.717) is 6.61 Å². The number of nitrogens with zero attached hydrogens (tertiary/aromatic N) is 1. The molecule has 1 heterocycles. The molecule has 1 fully saturated rings. The van der Waals surface area contributed by atoms with E-state index in [-0.39, 0.29) is 5.60 Å². The van der Waals surface area contributed by atoms with Gasteiger partial charge in [-0.2, -0.15) is 0 Å². The highest BCUT2D eigenvalue weighted by Crippen LogP contribution is 2.27. The molecule has 0 aromatic carbocycles. The van der Waals surface area contributed by atoms with Crippen molar-refractivity contribution in [2.24, 2.45) is 0 Å². The molecule has 0 radical (unpaired) electrons. The van der Waals surface area contributed by atoms with E-state index in [1.807, 2.05) is 46.0 Å². The van der Waals surface area contributed by atoms with E-state index in [2.05, 4.69) is 11.9 Å². The van der Waals surface area contributed by atoms with Crippen LogP contribution in [0.3, 0.4) is 0 Å². The molecule has 5 heteroatoms. The van der Waals surface area contributed by atoms with E-state index >= 15 is 0 Å². The van der Waals surface area contributed by atoms with Crippen LogP contribution in [0.25, 0.3) is 0 Å². The van der Waals surface area contributed by atoms with Gasteiger partial charge < -0.3 is 11.0 Å². The first-order chi connectivity index (χ1) is 5.22. The van der Waals surface area contributed by atoms with Crippen LogP contribution in [-0.4, -0.2) is 37.2 Å². The van der Waals surface area contributed by atoms with Crippen molar-refractivity contribution in [1.82, 2.24) is 4.90 Å². The summed E-state index contributed by atoms with van der Waals surface area (Å²) in [7, 11) is 2.10. The lowest BCUT2D eigenvalue weighted by Gasteiger charge is -2.23. The predicted molar refractivity (Wildman–Crippen MR) is 59.9 cm³/mol. The average Bonchev–Trinajstić information content (AvgIpc) is 2.34. The smallest absolute Gasteiger partial charge is 0.119 e. The molecule has 11 heavy (non-hydrogen) atoms. The number of halogens is 2. The third-order valence-corrected chi connectivity index (χ3v) is 3.23. The van der Waals surface area contributed by atoms with Crippen molar-refractivity contribution in [3.8, 4) is 0 Å². The van der Waals surface area contributed by atoms with E-state index < -0.39 is 0 Å². The van der Waals surface area contributed by atoms with Crippen LogP contribution in [0.4, 0.5) is 0 Å². The average molecular weight is 383 g/mol. The van der Waals surface area contributed by atoms with E-state index in [0.717, 1.165) is 19.5 Å². The van der Waals surface area contributed by atoms with Crippen molar-refractivity contribution in [3.05, 3.63) is 0 Å². The maximum absolute atomic E-state index is 5.41. The van der Waals surface area contributed by atoms with Crippen LogP contribution in [0.1, 0.15) is 6.42 Å². The molecule has 0 saturated carbocycles. The minimum absolute atomic E-state index is 0.0590. The number of likely N-dealkylation sites (tertiary alicyclic amines) is 1. The lowest BCUT2D eigenvalue weighted by molar-refractivity contribution is 0.0889. The SMILES string of the molecule is CN1CCC(COI)(OI)C1. The maximum Gasteiger partial charge on any atom is 0.119 e. The molecule has 3 nitrogen and oxygen atoms in total. The molecule has 66 valence electrons. The van der Waals surface area contributed by atoms with E-state index in [9.17, 15) is 0 Å². The Morgan fingerprint density at radius 2 is 2.27 bits per heavy atom. The van der Waals surface area contributed by atoms with Gasteiger partial charge in [-0.3, -0.25) is 0 Å². The number of hydrogen-bond donors (Lipinski definition) is 0. The van der Waals surface area contributed by atoms with Crippen LogP contribution in [-0.2, 0) is 6.13 Å². The molecule has 1 aliphatic heterocycles. The minimum Gasteiger partial charge on any atom is -0.313 e. The van der Waals surface area contributed by atoms with Gasteiger partial charge in [0.25, 0.3) is 0 Å². The fourth-order valence-corrected chi connectivity index (χ4v) is 2.40. The predicted octanol–water partition coefficient (Wildman–Crippen LogP) is 1.79. The summed E-state index contributed by atoms with van der Waals surface area (Å²) >= 11 is 3.88. The molecular weight excluding hydrogens is 372 g/mol. The summed E-state index contributed by atoms with van der Waals surface area (Å²) in [4.78, 5) is 2.26. The lowest BCUT2D eigenvalue weighted by Crippen LogP contribution is -2.36. The monoisotopic (exact) mass is 383 g/mol. The summed E-state index contributed by atoms with van der Waals surface area (Å²) < 4.78 is 10.5. The molecule has 0 bridgehead atoms. The Hall–Kier alpha value is 1.34. The molecule has 1 rings (SSSR count). The van der Waals surface area contributed by atoms with Crippen molar-refractivity contribution in [3.63, 3.8) is 0 Å². The fourth-order valence-electron chi connectivity index (χ4n) is 1.35. The molecule has 0 spiro atoms. The normalized spacial score (nSPS) is 33.0. The van der Waals surface area contributed by atoms with Gasteiger partial charge in [0.1, 0.15) is 51.6 Å². The molecule has 0 aromatic rings. The summed E-state index contributed by atoms with van der Waals surface area (Å²) in [6.07, 6.45) is 1.06. The molecule has 0 aliphatic carbocycles. The standard InChI is InChI=1S/C6H11I2NO2/c1-9-3-2-6(4-9,11-8)5-10-7/h2-5H2,1H3. The van der Waals surface area contributed by atoms with E-state index in [1.165, 1.54) is 0 Å². The van der Waals surface area contributed by atoms with Gasteiger partial charge in [-0.25, -0.2) is 0 Å². The van der Waals surface area contributed by atoms with Gasteiger partial charge in [-0.15, -0.1) is 0 Å². The van der Waals surface area contributed by atoms with Crippen molar-refractivity contribution in [1.29, 1.82) is 0 Å². The van der Waals surface area contributed by atoms with Crippen LogP contribution < -0.4 is 0 Å². The lowest BCUT2D eigenvalue weighted by atomic mass is 10.1. The van der Waals surface area contributed by atoms with Crippen molar-refractivity contribution < 1.29 is 6.13 Å². The molecule has 0 amide bonds. The zero-order valence-corrected chi connectivity index (χ0v) is 10.7. The Balaban J connectivity index is 2.48. The molecule has 1 atom stereocenters. The second kappa shape index (κ2) is 4.54. The highest BCUT2D eigenvalue weighted by molar-refractivity contribution is 14.1. The van der Waals surface area contributed by atoms with Gasteiger partial charge in [0.2, 0.25) is 0 Å². The zero-order chi connectivity index (χ0) is 8.32. The molecule has 1 saturated heterocycles. The Labute approximate surface area is 95.2 Å². The van der Waals surface area contributed by atoms with Crippen molar-refractivity contribution in [2.75, 3.05) is 26.7 Å². The van der Waals surface area contributed by atoms with Crippen molar-refractivity contribution >= 4 is 46.0 Å². The summed E-state index contributed by atoms with van der Waals surface area (Å²) in [5.41, 5.74) is -0.0590. The largest absolute Gasteiger partial charge is 0.313 e. The number of hydrogen-bond acceptors (Lipinski definition) is 3. The van der Waals surface area contributed by atoms with E-state index in [1.54, 1.807) is 0 Å². The summed E-state index contributed by atoms with van der Waals surface area (Å²) in [6.45, 7) is 2.75. The highest BCUT2D eigenvalue weighted by atomic mass is 127. The van der Waals surface area contributed by atoms with Gasteiger partial charge in [0, 0.05) is 13.1 Å². The molecule has 1 unspecified atom stereocenters. The summed E-state index contributed by atoms with van der Waals surface area (Å²) in [6, 6.07) is 0. The van der Waals surface area contributed by atoms with Gasteiger partial charge in [0.15, 0.2) is 0 Å². The second-order valence-electron chi connectivity index (χ2n) is 3.00. The van der Waals surface area contributed by atoms with Crippen LogP contribution in [0.2, 0.25) is 0 Å². The van der Waals surface area contributed by atoms with Gasteiger partial charge >= 0.3 is 0 Å². The number of likely N-dealkylation sites (N-methyl/N-ethyl adjacent to an activating group) is 1. The van der Waals surface area contributed by atoms with Crippen LogP contribution in [0.5, 0.6) is 0 Å². The van der Waals surface area contributed by atoms with Gasteiger partial charge in [0.05, 0.1) is 6.61 Å². The Kier molecular flexibility index (Phi) is 4.30. The maximum atomic E-state index is 5.41. The molecule has 1 aliphatic rings. The minimum atomic E-state index is -0.0590. The first-order valence-corrected chi connectivity index (χ1v) is 5.20. The van der Waals surface area contributed by atoms with Crippen LogP contribution >= 0.6 is 46.0 Å². The Bertz CT molecular complexity index is 132. The quantitative estimate of drug-likeness (QED) is 0.695. The van der Waals surface area contributed by atoms with Crippen molar-refractivity contribution in [2.45, 2.75) is 12.0 Å². The fraction of sp³-hybridized carbons (Fsp3) is 1.00. The summed E-state index contributed by atoms with van der Waals surface area (Å²) in [5, 5.41) is 0. The van der Waals surface area contributed by atoms with E-state index in [4.69, 9.17) is 6.13 Å². The van der Waals surface area contributed by atoms with Crippen LogP contribution in [0, 0.1) is 0 Å². The zero-order valence-electron chi connectivity index (χ0n) is 6.35. The Morgan fingerprint density at radius 3 is 2.64 bits per heavy atom. The third-order valence-electron chi connectivity index (χ3n) is 1.99. The molecule has 0 aromatic heterocycles. The van der Waals surface area contributed by atoms with Crippen LogP contribution in [0.15, 0.2) is 0 Å².